The van der Waals surface area contributed by atoms with E-state index in [1.807, 2.05) is 6.92 Å². The molecule has 1 aliphatic heterocycles. The number of unbranched alkanes of at least 4 members (excludes halogenated alkanes) is 1. The van der Waals surface area contributed by atoms with Crippen molar-refractivity contribution in [2.24, 2.45) is 0 Å². The summed E-state index contributed by atoms with van der Waals surface area (Å²) in [5.41, 5.74) is -0.518. The first-order valence-electron chi connectivity index (χ1n) is 8.57. The summed E-state index contributed by atoms with van der Waals surface area (Å²) in [5, 5.41) is 2.98. The van der Waals surface area contributed by atoms with Crippen LogP contribution in [0.4, 0.5) is 13.2 Å². The van der Waals surface area contributed by atoms with E-state index in [9.17, 15) is 22.8 Å². The molecule has 2 rings (SSSR count). The number of benzene rings is 1. The van der Waals surface area contributed by atoms with Crippen LogP contribution in [0.2, 0.25) is 0 Å². The van der Waals surface area contributed by atoms with Gasteiger partial charge in [0.15, 0.2) is 0 Å². The van der Waals surface area contributed by atoms with Crippen LogP contribution in [0.1, 0.15) is 54.9 Å². The zero-order valence-electron chi connectivity index (χ0n) is 14.2. The highest BCUT2D eigenvalue weighted by Crippen LogP contribution is 2.29. The Morgan fingerprint density at radius 1 is 1.16 bits per heavy atom. The molecular formula is C18H23F3N2O2. The van der Waals surface area contributed by atoms with E-state index in [2.05, 4.69) is 5.32 Å². The number of hydrogen-bond donors (Lipinski definition) is 1. The fraction of sp³-hybridized carbons (Fsp3) is 0.556. The van der Waals surface area contributed by atoms with Gasteiger partial charge in [-0.2, -0.15) is 13.2 Å². The Labute approximate surface area is 145 Å². The Balaban J connectivity index is 1.86. The number of nitrogens with zero attached hydrogens (tertiary/aromatic N) is 1. The number of halogens is 3. The molecule has 4 nitrogen and oxygen atoms in total. The van der Waals surface area contributed by atoms with Crippen molar-refractivity contribution in [1.29, 1.82) is 0 Å². The van der Waals surface area contributed by atoms with E-state index in [0.717, 1.165) is 25.0 Å². The number of rotatable bonds is 5. The van der Waals surface area contributed by atoms with Gasteiger partial charge in [-0.25, -0.2) is 0 Å². The highest BCUT2D eigenvalue weighted by molar-refractivity contribution is 5.94. The molecule has 0 unspecified atom stereocenters. The van der Waals surface area contributed by atoms with Crippen LogP contribution in [0.15, 0.2) is 24.3 Å². The van der Waals surface area contributed by atoms with Crippen LogP contribution in [-0.2, 0) is 11.0 Å². The zero-order chi connectivity index (χ0) is 18.4. The molecule has 1 fully saturated rings. The molecule has 0 spiro atoms. The topological polar surface area (TPSA) is 49.4 Å². The van der Waals surface area contributed by atoms with E-state index in [1.165, 1.54) is 12.1 Å². The lowest BCUT2D eigenvalue weighted by Crippen LogP contribution is -2.46. The van der Waals surface area contributed by atoms with Crippen molar-refractivity contribution in [2.45, 2.75) is 51.2 Å². The first-order chi connectivity index (χ1) is 11.8. The van der Waals surface area contributed by atoms with Crippen LogP contribution in [0, 0.1) is 0 Å². The van der Waals surface area contributed by atoms with Gasteiger partial charge >= 0.3 is 6.18 Å². The number of likely N-dealkylation sites (tertiary alicyclic amines) is 1. The predicted octanol–water partition coefficient (Wildman–Crippen LogP) is 3.62. The van der Waals surface area contributed by atoms with Gasteiger partial charge in [-0.15, -0.1) is 0 Å². The Kier molecular flexibility index (Phi) is 6.45. The molecule has 1 aromatic rings. The van der Waals surface area contributed by atoms with Crippen LogP contribution < -0.4 is 5.32 Å². The minimum absolute atomic E-state index is 0.0364. The average molecular weight is 356 g/mol. The number of alkyl halides is 3. The van der Waals surface area contributed by atoms with Crippen molar-refractivity contribution < 1.29 is 22.8 Å². The molecule has 0 saturated carbocycles. The van der Waals surface area contributed by atoms with Crippen LogP contribution in [0.5, 0.6) is 0 Å². The fourth-order valence-electron chi connectivity index (χ4n) is 2.85. The maximum absolute atomic E-state index is 12.6. The van der Waals surface area contributed by atoms with Crippen molar-refractivity contribution in [2.75, 3.05) is 13.1 Å². The molecule has 2 amide bonds. The quantitative estimate of drug-likeness (QED) is 0.876. The Bertz CT molecular complexity index is 591. The van der Waals surface area contributed by atoms with Crippen LogP contribution in [0.25, 0.3) is 0 Å². The third kappa shape index (κ3) is 5.47. The van der Waals surface area contributed by atoms with Crippen molar-refractivity contribution >= 4 is 11.8 Å². The summed E-state index contributed by atoms with van der Waals surface area (Å²) in [6, 6.07) is 4.33. The van der Waals surface area contributed by atoms with Gasteiger partial charge in [-0.3, -0.25) is 9.59 Å². The van der Waals surface area contributed by atoms with Gasteiger partial charge in [-0.05, 0) is 43.5 Å². The van der Waals surface area contributed by atoms with Gasteiger partial charge in [0.05, 0.1) is 5.56 Å². The van der Waals surface area contributed by atoms with Gasteiger partial charge in [0.1, 0.15) is 0 Å². The smallest absolute Gasteiger partial charge is 0.353 e. The van der Waals surface area contributed by atoms with Crippen LogP contribution >= 0.6 is 0 Å². The molecule has 0 aliphatic carbocycles. The van der Waals surface area contributed by atoms with Crippen LogP contribution in [-0.4, -0.2) is 35.8 Å². The van der Waals surface area contributed by atoms with E-state index in [1.54, 1.807) is 4.90 Å². The van der Waals surface area contributed by atoms with Gasteiger partial charge in [0, 0.05) is 31.1 Å². The van der Waals surface area contributed by atoms with Crippen molar-refractivity contribution in [3.63, 3.8) is 0 Å². The molecule has 1 aromatic carbocycles. The summed E-state index contributed by atoms with van der Waals surface area (Å²) in [6.07, 6.45) is -0.754. The molecule has 7 heteroatoms. The van der Waals surface area contributed by atoms with E-state index < -0.39 is 11.7 Å². The highest BCUT2D eigenvalue weighted by atomic mass is 19.4. The largest absolute Gasteiger partial charge is 0.416 e. The molecule has 0 aromatic heterocycles. The Morgan fingerprint density at radius 2 is 1.76 bits per heavy atom. The maximum Gasteiger partial charge on any atom is 0.416 e. The lowest BCUT2D eigenvalue weighted by Gasteiger charge is -2.32. The predicted molar refractivity (Wildman–Crippen MR) is 88.0 cm³/mol. The number of piperidine rings is 1. The first kappa shape index (κ1) is 19.3. The second kappa shape index (κ2) is 8.36. The monoisotopic (exact) mass is 356 g/mol. The van der Waals surface area contributed by atoms with E-state index in [4.69, 9.17) is 0 Å². The molecule has 1 aliphatic rings. The number of amides is 2. The molecule has 138 valence electrons. The molecule has 25 heavy (non-hydrogen) atoms. The third-order valence-electron chi connectivity index (χ3n) is 4.36. The standard InChI is InChI=1S/C18H23F3N2O2/c1-2-3-4-16(24)22-15-9-11-23(12-10-15)17(25)13-5-7-14(8-6-13)18(19,20)21/h5-8,15H,2-4,9-12H2,1H3,(H,22,24). The van der Waals surface area contributed by atoms with Crippen molar-refractivity contribution in [3.8, 4) is 0 Å². The number of carbonyl (C=O) groups excluding carboxylic acids is 2. The Morgan fingerprint density at radius 3 is 2.28 bits per heavy atom. The second-order valence-corrected chi connectivity index (χ2v) is 6.31. The number of nitrogens with one attached hydrogen (secondary N) is 1. The summed E-state index contributed by atoms with van der Waals surface area (Å²) in [7, 11) is 0. The molecule has 1 heterocycles. The molecular weight excluding hydrogens is 333 g/mol. The molecule has 0 radical (unpaired) electrons. The SMILES string of the molecule is CCCCC(=O)NC1CCN(C(=O)c2ccc(C(F)(F)F)cc2)CC1. The van der Waals surface area contributed by atoms with Gasteiger partial charge in [-0.1, -0.05) is 13.3 Å². The maximum atomic E-state index is 12.6. The molecule has 1 N–H and O–H groups in total. The lowest BCUT2D eigenvalue weighted by atomic mass is 10.0. The number of hydrogen-bond acceptors (Lipinski definition) is 2. The summed E-state index contributed by atoms with van der Waals surface area (Å²) in [6.45, 7) is 3.00. The molecule has 0 bridgehead atoms. The van der Waals surface area contributed by atoms with Crippen molar-refractivity contribution in [1.82, 2.24) is 10.2 Å². The van der Waals surface area contributed by atoms with Crippen LogP contribution in [0.3, 0.4) is 0 Å². The van der Waals surface area contributed by atoms with Gasteiger partial charge < -0.3 is 10.2 Å². The summed E-state index contributed by atoms with van der Waals surface area (Å²) in [5.74, 6) is -0.237. The zero-order valence-corrected chi connectivity index (χ0v) is 14.2. The summed E-state index contributed by atoms with van der Waals surface area (Å²) < 4.78 is 37.7. The normalized spacial score (nSPS) is 15.9. The third-order valence-corrected chi connectivity index (χ3v) is 4.36. The molecule has 1 saturated heterocycles. The highest BCUT2D eigenvalue weighted by Gasteiger charge is 2.31. The fourth-order valence-corrected chi connectivity index (χ4v) is 2.85. The number of carbonyl (C=O) groups is 2. The van der Waals surface area contributed by atoms with Crippen molar-refractivity contribution in [3.05, 3.63) is 35.4 Å². The van der Waals surface area contributed by atoms with E-state index >= 15 is 0 Å². The first-order valence-corrected chi connectivity index (χ1v) is 8.57. The van der Waals surface area contributed by atoms with Gasteiger partial charge in [0.25, 0.3) is 5.91 Å². The average Bonchev–Trinajstić information content (AvgIpc) is 2.59. The summed E-state index contributed by atoms with van der Waals surface area (Å²) in [4.78, 5) is 25.7. The lowest BCUT2D eigenvalue weighted by molar-refractivity contribution is -0.137. The summed E-state index contributed by atoms with van der Waals surface area (Å²) >= 11 is 0. The Hall–Kier alpha value is -2.05. The van der Waals surface area contributed by atoms with Gasteiger partial charge in [0.2, 0.25) is 5.91 Å². The molecule has 0 atom stereocenters. The minimum atomic E-state index is -4.41. The van der Waals surface area contributed by atoms with E-state index in [0.29, 0.717) is 32.4 Å². The second-order valence-electron chi connectivity index (χ2n) is 6.31. The minimum Gasteiger partial charge on any atom is -0.353 e. The van der Waals surface area contributed by atoms with E-state index in [-0.39, 0.29) is 23.4 Å².